The van der Waals surface area contributed by atoms with Crippen molar-refractivity contribution in [3.8, 4) is 0 Å². The molecule has 2 aromatic rings. The molecule has 2 heterocycles. The van der Waals surface area contributed by atoms with Gasteiger partial charge in [0.15, 0.2) is 11.1 Å². The predicted molar refractivity (Wildman–Crippen MR) is 104 cm³/mol. The maximum Gasteiger partial charge on any atom is 0.252 e. The Labute approximate surface area is 155 Å². The minimum Gasteiger partial charge on any atom is -0.375 e. The summed E-state index contributed by atoms with van der Waals surface area (Å²) in [5.41, 5.74) is 2.61. The number of hydrogen-bond donors (Lipinski definition) is 2. The van der Waals surface area contributed by atoms with Gasteiger partial charge in [0, 0.05) is 44.5 Å². The highest BCUT2D eigenvalue weighted by Crippen LogP contribution is 2.14. The summed E-state index contributed by atoms with van der Waals surface area (Å²) < 4.78 is 20.2. The summed E-state index contributed by atoms with van der Waals surface area (Å²) in [6.07, 6.45) is 5.70. The van der Waals surface area contributed by atoms with Crippen molar-refractivity contribution in [3.63, 3.8) is 0 Å². The van der Waals surface area contributed by atoms with Crippen LogP contribution in [0.25, 0.3) is 6.08 Å². The third-order valence-corrected chi connectivity index (χ3v) is 5.06. The summed E-state index contributed by atoms with van der Waals surface area (Å²) in [7, 11) is 0. The number of nitrogens with zero attached hydrogens (tertiary/aromatic N) is 2. The van der Waals surface area contributed by atoms with E-state index < -0.39 is 11.1 Å². The Balaban J connectivity index is 1.56. The lowest BCUT2D eigenvalue weighted by Crippen LogP contribution is -2.44. The molecule has 0 bridgehead atoms. The molecule has 26 heavy (non-hydrogen) atoms. The van der Waals surface area contributed by atoms with E-state index in [4.69, 9.17) is 4.55 Å². The van der Waals surface area contributed by atoms with Gasteiger partial charge in [-0.15, -0.1) is 0 Å². The average Bonchev–Trinajstić information content (AvgIpc) is 2.64. The summed E-state index contributed by atoms with van der Waals surface area (Å²) in [5.74, 6) is 0.139. The second kappa shape index (κ2) is 8.93. The number of aromatic amines is 1. The van der Waals surface area contributed by atoms with Gasteiger partial charge >= 0.3 is 0 Å². The summed E-state index contributed by atoms with van der Waals surface area (Å²) in [4.78, 5) is 19.0. The third-order valence-electron chi connectivity index (χ3n) is 4.50. The molecule has 1 aromatic heterocycles. The first-order valence-electron chi connectivity index (χ1n) is 8.58. The quantitative estimate of drug-likeness (QED) is 0.756. The lowest BCUT2D eigenvalue weighted by atomic mass is 10.1. The molecule has 1 saturated heterocycles. The van der Waals surface area contributed by atoms with E-state index in [0.717, 1.165) is 42.9 Å². The van der Waals surface area contributed by atoms with E-state index in [1.165, 1.54) is 0 Å². The van der Waals surface area contributed by atoms with Crippen molar-refractivity contribution in [1.29, 1.82) is 0 Å². The Kier molecular flexibility index (Phi) is 6.38. The standard InChI is InChI=1S/C19H23N3O3S/c23-19-17(6-3-8-20-19)14-22-12-10-21(11-13-22)9-7-16-4-1-2-5-18(16)15-26(24)25/h1-9H,10-15H2,(H,20,23)(H,24,25). The van der Waals surface area contributed by atoms with Crippen LogP contribution >= 0.6 is 0 Å². The molecule has 2 N–H and O–H groups in total. The molecule has 138 valence electrons. The van der Waals surface area contributed by atoms with Crippen molar-refractivity contribution in [2.24, 2.45) is 0 Å². The average molecular weight is 373 g/mol. The predicted octanol–water partition coefficient (Wildman–Crippen LogP) is 1.89. The van der Waals surface area contributed by atoms with Crippen LogP contribution in [-0.4, -0.2) is 49.7 Å². The van der Waals surface area contributed by atoms with Crippen LogP contribution in [0.4, 0.5) is 0 Å². The topological polar surface area (TPSA) is 76.6 Å². The van der Waals surface area contributed by atoms with E-state index >= 15 is 0 Å². The Morgan fingerprint density at radius 3 is 2.54 bits per heavy atom. The molecule has 0 radical (unpaired) electrons. The van der Waals surface area contributed by atoms with E-state index in [0.29, 0.717) is 6.54 Å². The lowest BCUT2D eigenvalue weighted by Gasteiger charge is -2.34. The molecule has 1 fully saturated rings. The molecule has 3 rings (SSSR count). The van der Waals surface area contributed by atoms with Crippen molar-refractivity contribution in [2.45, 2.75) is 12.3 Å². The normalized spacial score (nSPS) is 16.9. The minimum absolute atomic E-state index is 0.0206. The second-order valence-corrected chi connectivity index (χ2v) is 7.25. The molecular weight excluding hydrogens is 350 g/mol. The smallest absolute Gasteiger partial charge is 0.252 e. The number of piperazine rings is 1. The zero-order valence-corrected chi connectivity index (χ0v) is 15.3. The number of rotatable bonds is 6. The van der Waals surface area contributed by atoms with Gasteiger partial charge in [0.25, 0.3) is 5.56 Å². The fraction of sp³-hybridized carbons (Fsp3) is 0.316. The number of nitrogens with one attached hydrogen (secondary N) is 1. The van der Waals surface area contributed by atoms with E-state index in [-0.39, 0.29) is 11.3 Å². The molecule has 0 spiro atoms. The molecule has 1 aromatic carbocycles. The molecule has 1 atom stereocenters. The summed E-state index contributed by atoms with van der Waals surface area (Å²) in [6, 6.07) is 11.4. The summed E-state index contributed by atoms with van der Waals surface area (Å²) >= 11 is -1.84. The first kappa shape index (κ1) is 18.6. The first-order valence-corrected chi connectivity index (χ1v) is 9.86. The van der Waals surface area contributed by atoms with E-state index in [9.17, 15) is 9.00 Å². The van der Waals surface area contributed by atoms with Crippen LogP contribution < -0.4 is 5.56 Å². The van der Waals surface area contributed by atoms with Crippen LogP contribution in [0, 0.1) is 0 Å². The van der Waals surface area contributed by atoms with Crippen molar-refractivity contribution in [1.82, 2.24) is 14.8 Å². The maximum atomic E-state index is 11.8. The van der Waals surface area contributed by atoms with Gasteiger partial charge in [0.2, 0.25) is 0 Å². The van der Waals surface area contributed by atoms with Crippen molar-refractivity contribution < 1.29 is 8.76 Å². The van der Waals surface area contributed by atoms with Gasteiger partial charge in [-0.05, 0) is 29.5 Å². The highest BCUT2D eigenvalue weighted by atomic mass is 32.2. The fourth-order valence-corrected chi connectivity index (χ4v) is 3.57. The first-order chi connectivity index (χ1) is 12.6. The Hall–Kier alpha value is -2.22. The van der Waals surface area contributed by atoms with Gasteiger partial charge < -0.3 is 14.4 Å². The molecule has 1 unspecified atom stereocenters. The number of pyridine rings is 1. The van der Waals surface area contributed by atoms with Gasteiger partial charge in [-0.2, -0.15) is 0 Å². The number of hydrogen-bond acceptors (Lipinski definition) is 4. The summed E-state index contributed by atoms with van der Waals surface area (Å²) in [6.45, 7) is 4.21. The zero-order valence-electron chi connectivity index (χ0n) is 14.5. The number of benzene rings is 1. The largest absolute Gasteiger partial charge is 0.375 e. The van der Waals surface area contributed by atoms with Crippen LogP contribution in [-0.2, 0) is 23.4 Å². The minimum atomic E-state index is -1.84. The van der Waals surface area contributed by atoms with Gasteiger partial charge in [-0.1, -0.05) is 30.3 Å². The van der Waals surface area contributed by atoms with Crippen LogP contribution in [0.15, 0.2) is 53.6 Å². The fourth-order valence-electron chi connectivity index (χ4n) is 3.04. The van der Waals surface area contributed by atoms with E-state index in [1.54, 1.807) is 6.20 Å². The van der Waals surface area contributed by atoms with Gasteiger partial charge in [0.1, 0.15) is 0 Å². The monoisotopic (exact) mass is 373 g/mol. The maximum absolute atomic E-state index is 11.8. The van der Waals surface area contributed by atoms with Crippen molar-refractivity contribution in [2.75, 3.05) is 26.2 Å². The third kappa shape index (κ3) is 5.14. The van der Waals surface area contributed by atoms with Gasteiger partial charge in [-0.3, -0.25) is 9.69 Å². The number of aromatic nitrogens is 1. The molecule has 0 saturated carbocycles. The van der Waals surface area contributed by atoms with E-state index in [2.05, 4.69) is 14.8 Å². The molecule has 6 nitrogen and oxygen atoms in total. The molecular formula is C19H23N3O3S. The molecule has 0 aliphatic carbocycles. The van der Waals surface area contributed by atoms with Crippen molar-refractivity contribution >= 4 is 17.2 Å². The molecule has 0 amide bonds. The second-order valence-electron chi connectivity index (χ2n) is 6.32. The highest BCUT2D eigenvalue weighted by molar-refractivity contribution is 7.78. The molecule has 7 heteroatoms. The van der Waals surface area contributed by atoms with Gasteiger partial charge in [-0.25, -0.2) is 4.21 Å². The zero-order chi connectivity index (χ0) is 18.4. The molecule has 1 aliphatic heterocycles. The van der Waals surface area contributed by atoms with Crippen LogP contribution in [0.5, 0.6) is 0 Å². The van der Waals surface area contributed by atoms with Crippen LogP contribution in [0.2, 0.25) is 0 Å². The lowest BCUT2D eigenvalue weighted by molar-refractivity contribution is 0.162. The highest BCUT2D eigenvalue weighted by Gasteiger charge is 2.15. The van der Waals surface area contributed by atoms with Crippen LogP contribution in [0.3, 0.4) is 0 Å². The number of H-pyrrole nitrogens is 1. The molecule has 1 aliphatic rings. The van der Waals surface area contributed by atoms with E-state index in [1.807, 2.05) is 48.7 Å². The van der Waals surface area contributed by atoms with Gasteiger partial charge in [0.05, 0.1) is 5.75 Å². The summed E-state index contributed by atoms with van der Waals surface area (Å²) in [5, 5.41) is 0. The Bertz CT molecular complexity index is 842. The Morgan fingerprint density at radius 2 is 1.81 bits per heavy atom. The Morgan fingerprint density at radius 1 is 1.08 bits per heavy atom. The van der Waals surface area contributed by atoms with Crippen molar-refractivity contribution in [3.05, 3.63) is 75.8 Å². The van der Waals surface area contributed by atoms with Crippen LogP contribution in [0.1, 0.15) is 16.7 Å². The SMILES string of the molecule is O=c1[nH]cccc1CN1CCN(C=Cc2ccccc2CS(=O)O)CC1.